The van der Waals surface area contributed by atoms with E-state index in [1.165, 1.54) is 0 Å². The second-order valence-electron chi connectivity index (χ2n) is 4.90. The van der Waals surface area contributed by atoms with Gasteiger partial charge < -0.3 is 15.2 Å². The fourth-order valence-corrected chi connectivity index (χ4v) is 2.16. The van der Waals surface area contributed by atoms with Gasteiger partial charge in [0, 0.05) is 6.54 Å². The van der Waals surface area contributed by atoms with E-state index in [2.05, 4.69) is 5.32 Å². The van der Waals surface area contributed by atoms with Gasteiger partial charge in [-0.1, -0.05) is 26.0 Å². The van der Waals surface area contributed by atoms with E-state index in [9.17, 15) is 14.7 Å². The van der Waals surface area contributed by atoms with Crippen LogP contribution in [0.1, 0.15) is 44.0 Å². The first kappa shape index (κ1) is 17.0. The Morgan fingerprint density at radius 3 is 2.33 bits per heavy atom. The Labute approximate surface area is 125 Å². The second kappa shape index (κ2) is 7.67. The molecule has 0 aliphatic rings. The molecule has 116 valence electrons. The molecule has 0 bridgehead atoms. The number of para-hydroxylation sites is 1. The average Bonchev–Trinajstić information content (AvgIpc) is 2.49. The van der Waals surface area contributed by atoms with E-state index < -0.39 is 11.4 Å². The van der Waals surface area contributed by atoms with Gasteiger partial charge in [-0.25, -0.2) is 0 Å². The molecule has 1 amide bonds. The number of rotatable bonds is 8. The lowest BCUT2D eigenvalue weighted by atomic mass is 9.82. The fourth-order valence-electron chi connectivity index (χ4n) is 2.16. The summed E-state index contributed by atoms with van der Waals surface area (Å²) in [5.41, 5.74) is -0.498. The van der Waals surface area contributed by atoms with Crippen LogP contribution in [0.5, 0.6) is 5.75 Å². The summed E-state index contributed by atoms with van der Waals surface area (Å²) in [4.78, 5) is 23.7. The van der Waals surface area contributed by atoms with Crippen LogP contribution in [0.25, 0.3) is 0 Å². The first-order valence-electron chi connectivity index (χ1n) is 7.24. The van der Waals surface area contributed by atoms with Crippen molar-refractivity contribution >= 4 is 11.9 Å². The van der Waals surface area contributed by atoms with Gasteiger partial charge in [-0.05, 0) is 31.9 Å². The van der Waals surface area contributed by atoms with E-state index >= 15 is 0 Å². The summed E-state index contributed by atoms with van der Waals surface area (Å²) in [7, 11) is 0. The minimum absolute atomic E-state index is 0.106. The third kappa shape index (κ3) is 3.97. The van der Waals surface area contributed by atoms with Crippen molar-refractivity contribution in [2.75, 3.05) is 13.2 Å². The molecule has 0 saturated heterocycles. The summed E-state index contributed by atoms with van der Waals surface area (Å²) < 4.78 is 5.41. The van der Waals surface area contributed by atoms with E-state index in [4.69, 9.17) is 4.74 Å². The zero-order valence-electron chi connectivity index (χ0n) is 12.8. The van der Waals surface area contributed by atoms with Gasteiger partial charge in [0.05, 0.1) is 17.6 Å². The van der Waals surface area contributed by atoms with Crippen LogP contribution in [0.15, 0.2) is 24.3 Å². The number of amides is 1. The van der Waals surface area contributed by atoms with Gasteiger partial charge in [0.15, 0.2) is 0 Å². The van der Waals surface area contributed by atoms with Gasteiger partial charge in [0.2, 0.25) is 0 Å². The molecule has 1 aromatic carbocycles. The lowest BCUT2D eigenvalue weighted by Gasteiger charge is -2.27. The molecular formula is C16H23NO4. The average molecular weight is 293 g/mol. The maximum absolute atomic E-state index is 12.3. The van der Waals surface area contributed by atoms with E-state index in [0.717, 1.165) is 0 Å². The molecular weight excluding hydrogens is 270 g/mol. The molecule has 0 unspecified atom stereocenters. The molecule has 1 rings (SSSR count). The van der Waals surface area contributed by atoms with Crippen LogP contribution in [0, 0.1) is 5.41 Å². The highest BCUT2D eigenvalue weighted by molar-refractivity contribution is 5.97. The number of hydrogen-bond donors (Lipinski definition) is 2. The quantitative estimate of drug-likeness (QED) is 0.772. The number of carbonyl (C=O) groups excluding carboxylic acids is 1. The van der Waals surface area contributed by atoms with Crippen molar-refractivity contribution in [3.63, 3.8) is 0 Å². The van der Waals surface area contributed by atoms with E-state index in [0.29, 0.717) is 30.8 Å². The number of aliphatic carboxylic acids is 1. The van der Waals surface area contributed by atoms with Crippen LogP contribution < -0.4 is 10.1 Å². The Hall–Kier alpha value is -2.04. The predicted molar refractivity (Wildman–Crippen MR) is 80.6 cm³/mol. The maximum atomic E-state index is 12.3. The first-order valence-corrected chi connectivity index (χ1v) is 7.24. The molecule has 0 heterocycles. The van der Waals surface area contributed by atoms with Crippen LogP contribution in [-0.2, 0) is 4.79 Å². The van der Waals surface area contributed by atoms with Crippen molar-refractivity contribution in [2.24, 2.45) is 5.41 Å². The second-order valence-corrected chi connectivity index (χ2v) is 4.90. The topological polar surface area (TPSA) is 75.6 Å². The highest BCUT2D eigenvalue weighted by atomic mass is 16.5. The van der Waals surface area contributed by atoms with E-state index in [1.54, 1.807) is 24.3 Å². The summed E-state index contributed by atoms with van der Waals surface area (Å²) in [5.74, 6) is -0.691. The van der Waals surface area contributed by atoms with Crippen LogP contribution in [0.2, 0.25) is 0 Å². The number of carboxylic acid groups (broad SMARTS) is 1. The summed E-state index contributed by atoms with van der Waals surface area (Å²) in [6, 6.07) is 6.94. The molecule has 21 heavy (non-hydrogen) atoms. The lowest BCUT2D eigenvalue weighted by molar-refractivity contribution is -0.149. The van der Waals surface area contributed by atoms with Crippen LogP contribution in [-0.4, -0.2) is 30.1 Å². The smallest absolute Gasteiger partial charge is 0.311 e. The van der Waals surface area contributed by atoms with Crippen LogP contribution >= 0.6 is 0 Å². The van der Waals surface area contributed by atoms with Crippen molar-refractivity contribution < 1.29 is 19.4 Å². The van der Waals surface area contributed by atoms with E-state index in [-0.39, 0.29) is 12.5 Å². The summed E-state index contributed by atoms with van der Waals surface area (Å²) in [5, 5.41) is 12.1. The number of nitrogens with one attached hydrogen (secondary N) is 1. The van der Waals surface area contributed by atoms with Gasteiger partial charge in [-0.2, -0.15) is 0 Å². The molecule has 0 saturated carbocycles. The van der Waals surface area contributed by atoms with Gasteiger partial charge in [-0.15, -0.1) is 0 Å². The molecule has 1 aromatic rings. The molecule has 5 heteroatoms. The minimum Gasteiger partial charge on any atom is -0.493 e. The Morgan fingerprint density at radius 2 is 1.81 bits per heavy atom. The number of hydrogen-bond acceptors (Lipinski definition) is 3. The van der Waals surface area contributed by atoms with Crippen molar-refractivity contribution in [1.82, 2.24) is 5.32 Å². The van der Waals surface area contributed by atoms with Gasteiger partial charge in [-0.3, -0.25) is 9.59 Å². The largest absolute Gasteiger partial charge is 0.493 e. The Bertz CT molecular complexity index is 495. The monoisotopic (exact) mass is 293 g/mol. The zero-order chi connectivity index (χ0) is 15.9. The molecule has 0 atom stereocenters. The molecule has 0 spiro atoms. The van der Waals surface area contributed by atoms with Gasteiger partial charge in [0.1, 0.15) is 5.75 Å². The van der Waals surface area contributed by atoms with Crippen molar-refractivity contribution in [3.05, 3.63) is 29.8 Å². The first-order chi connectivity index (χ1) is 10.0. The highest BCUT2D eigenvalue weighted by Crippen LogP contribution is 2.26. The summed E-state index contributed by atoms with van der Waals surface area (Å²) >= 11 is 0. The Morgan fingerprint density at radius 1 is 1.19 bits per heavy atom. The number of carboxylic acids is 1. The van der Waals surface area contributed by atoms with Crippen LogP contribution in [0.4, 0.5) is 0 Å². The number of benzene rings is 1. The highest BCUT2D eigenvalue weighted by Gasteiger charge is 2.35. The molecule has 5 nitrogen and oxygen atoms in total. The van der Waals surface area contributed by atoms with Crippen molar-refractivity contribution in [1.29, 1.82) is 0 Å². The third-order valence-corrected chi connectivity index (χ3v) is 3.83. The van der Waals surface area contributed by atoms with Crippen molar-refractivity contribution in [2.45, 2.75) is 33.6 Å². The Kier molecular flexibility index (Phi) is 6.21. The SMILES string of the molecule is CCOc1ccccc1C(=O)NCC(CC)(CC)C(=O)O. The molecule has 0 aliphatic heterocycles. The summed E-state index contributed by atoms with van der Waals surface area (Å²) in [6.07, 6.45) is 0.929. The van der Waals surface area contributed by atoms with E-state index in [1.807, 2.05) is 20.8 Å². The molecule has 0 radical (unpaired) electrons. The van der Waals surface area contributed by atoms with Crippen LogP contribution in [0.3, 0.4) is 0 Å². The minimum atomic E-state index is -0.920. The molecule has 0 aliphatic carbocycles. The zero-order valence-corrected chi connectivity index (χ0v) is 12.8. The normalized spacial score (nSPS) is 11.0. The predicted octanol–water partition coefficient (Wildman–Crippen LogP) is 2.71. The van der Waals surface area contributed by atoms with Crippen molar-refractivity contribution in [3.8, 4) is 5.75 Å². The molecule has 0 fully saturated rings. The standard InChI is InChI=1S/C16H23NO4/c1-4-16(5-2,15(19)20)11-17-14(18)12-9-7-8-10-13(12)21-6-3/h7-10H,4-6,11H2,1-3H3,(H,17,18)(H,19,20). The Balaban J connectivity index is 2.84. The summed E-state index contributed by atoms with van der Waals surface area (Å²) in [6.45, 7) is 6.05. The number of carbonyl (C=O) groups is 2. The fraction of sp³-hybridized carbons (Fsp3) is 0.500. The third-order valence-electron chi connectivity index (χ3n) is 3.83. The molecule has 0 aromatic heterocycles. The lowest BCUT2D eigenvalue weighted by Crippen LogP contribution is -2.42. The number of ether oxygens (including phenoxy) is 1. The van der Waals surface area contributed by atoms with Gasteiger partial charge >= 0.3 is 5.97 Å². The maximum Gasteiger partial charge on any atom is 0.311 e. The van der Waals surface area contributed by atoms with Gasteiger partial charge in [0.25, 0.3) is 5.91 Å². The molecule has 2 N–H and O–H groups in total.